The molecule has 90 valence electrons. The summed E-state index contributed by atoms with van der Waals surface area (Å²) in [5, 5.41) is 5.41. The molecular weight excluding hydrogens is 251 g/mol. The van der Waals surface area contributed by atoms with Gasteiger partial charge in [-0.25, -0.2) is 4.39 Å². The van der Waals surface area contributed by atoms with Crippen LogP contribution in [0.25, 0.3) is 22.2 Å². The number of fused-ring (bicyclic) bond motifs is 1. The van der Waals surface area contributed by atoms with Crippen LogP contribution in [0.5, 0.6) is 0 Å². The predicted octanol–water partition coefficient (Wildman–Crippen LogP) is 4.03. The monoisotopic (exact) mass is 260 g/mol. The van der Waals surface area contributed by atoms with E-state index in [0.717, 1.165) is 22.2 Å². The number of hydrogen-bond donors (Lipinski definition) is 0. The molecule has 0 bridgehead atoms. The molecule has 3 rings (SSSR count). The standard InChI is InChI=1S/C14H10ClFN2/c1-18-13-8-12(16)11(15)7-10(13)14(17-18)9-5-3-2-4-6-9/h2-8H,1H3. The first-order valence-corrected chi connectivity index (χ1v) is 5.92. The second-order valence-corrected chi connectivity index (χ2v) is 4.53. The van der Waals surface area contributed by atoms with Crippen molar-refractivity contribution >= 4 is 22.5 Å². The van der Waals surface area contributed by atoms with Gasteiger partial charge in [-0.05, 0) is 6.07 Å². The maximum absolute atomic E-state index is 13.5. The summed E-state index contributed by atoms with van der Waals surface area (Å²) >= 11 is 5.84. The zero-order valence-corrected chi connectivity index (χ0v) is 10.4. The summed E-state index contributed by atoms with van der Waals surface area (Å²) < 4.78 is 15.1. The van der Waals surface area contributed by atoms with Gasteiger partial charge in [-0.1, -0.05) is 41.9 Å². The van der Waals surface area contributed by atoms with Gasteiger partial charge in [0.15, 0.2) is 0 Å². The Kier molecular flexibility index (Phi) is 2.56. The highest BCUT2D eigenvalue weighted by Gasteiger charge is 2.13. The van der Waals surface area contributed by atoms with E-state index in [2.05, 4.69) is 5.10 Å². The molecule has 0 atom stereocenters. The van der Waals surface area contributed by atoms with Crippen molar-refractivity contribution in [1.82, 2.24) is 9.78 Å². The van der Waals surface area contributed by atoms with Crippen molar-refractivity contribution in [3.63, 3.8) is 0 Å². The number of hydrogen-bond acceptors (Lipinski definition) is 1. The molecule has 0 saturated carbocycles. The van der Waals surface area contributed by atoms with E-state index in [9.17, 15) is 4.39 Å². The fourth-order valence-corrected chi connectivity index (χ4v) is 2.22. The van der Waals surface area contributed by atoms with Crippen molar-refractivity contribution in [2.45, 2.75) is 0 Å². The minimum absolute atomic E-state index is 0.118. The molecule has 0 amide bonds. The van der Waals surface area contributed by atoms with E-state index in [4.69, 9.17) is 11.6 Å². The highest BCUT2D eigenvalue weighted by molar-refractivity contribution is 6.31. The van der Waals surface area contributed by atoms with Crippen LogP contribution in [0.15, 0.2) is 42.5 Å². The van der Waals surface area contributed by atoms with E-state index in [1.807, 2.05) is 30.3 Å². The Bertz CT molecular complexity index is 719. The number of aromatic nitrogens is 2. The van der Waals surface area contributed by atoms with Gasteiger partial charge < -0.3 is 0 Å². The third-order valence-electron chi connectivity index (χ3n) is 2.94. The third-order valence-corrected chi connectivity index (χ3v) is 3.23. The topological polar surface area (TPSA) is 17.8 Å². The predicted molar refractivity (Wildman–Crippen MR) is 71.1 cm³/mol. The minimum atomic E-state index is -0.424. The highest BCUT2D eigenvalue weighted by Crippen LogP contribution is 2.30. The maximum Gasteiger partial charge on any atom is 0.143 e. The van der Waals surface area contributed by atoms with Gasteiger partial charge in [0.2, 0.25) is 0 Å². The Morgan fingerprint density at radius 3 is 2.61 bits per heavy atom. The first kappa shape index (κ1) is 11.2. The number of rotatable bonds is 1. The van der Waals surface area contributed by atoms with Crippen LogP contribution in [0.1, 0.15) is 0 Å². The quantitative estimate of drug-likeness (QED) is 0.646. The molecule has 0 spiro atoms. The largest absolute Gasteiger partial charge is 0.267 e. The lowest BCUT2D eigenvalue weighted by atomic mass is 10.1. The van der Waals surface area contributed by atoms with E-state index >= 15 is 0 Å². The summed E-state index contributed by atoms with van der Waals surface area (Å²) in [6.07, 6.45) is 0. The molecule has 4 heteroatoms. The second-order valence-electron chi connectivity index (χ2n) is 4.12. The highest BCUT2D eigenvalue weighted by atomic mass is 35.5. The molecule has 0 unspecified atom stereocenters. The molecule has 0 fully saturated rings. The van der Waals surface area contributed by atoms with E-state index < -0.39 is 5.82 Å². The Balaban J connectivity index is 2.35. The third kappa shape index (κ3) is 1.68. The van der Waals surface area contributed by atoms with Crippen LogP contribution < -0.4 is 0 Å². The van der Waals surface area contributed by atoms with E-state index in [0.29, 0.717) is 0 Å². The van der Waals surface area contributed by atoms with Crippen LogP contribution >= 0.6 is 11.6 Å². The fourth-order valence-electron chi connectivity index (χ4n) is 2.06. The zero-order chi connectivity index (χ0) is 12.7. The van der Waals surface area contributed by atoms with Crippen molar-refractivity contribution < 1.29 is 4.39 Å². The lowest BCUT2D eigenvalue weighted by Crippen LogP contribution is -1.90. The van der Waals surface area contributed by atoms with Crippen molar-refractivity contribution in [1.29, 1.82) is 0 Å². The molecule has 3 aromatic rings. The first-order valence-electron chi connectivity index (χ1n) is 5.54. The number of aryl methyl sites for hydroxylation is 1. The molecule has 0 radical (unpaired) electrons. The van der Waals surface area contributed by atoms with Gasteiger partial charge in [0.25, 0.3) is 0 Å². The minimum Gasteiger partial charge on any atom is -0.267 e. The normalized spacial score (nSPS) is 11.1. The Labute approximate surface area is 109 Å². The molecule has 2 aromatic carbocycles. The molecule has 0 aliphatic rings. The van der Waals surface area contributed by atoms with Crippen molar-refractivity contribution in [2.24, 2.45) is 7.05 Å². The van der Waals surface area contributed by atoms with Gasteiger partial charge in [-0.15, -0.1) is 0 Å². The van der Waals surface area contributed by atoms with E-state index in [1.165, 1.54) is 6.07 Å². The molecule has 0 saturated heterocycles. The van der Waals surface area contributed by atoms with Crippen LogP contribution in [0.4, 0.5) is 4.39 Å². The number of benzene rings is 2. The SMILES string of the molecule is Cn1nc(-c2ccccc2)c2cc(Cl)c(F)cc21. The summed E-state index contributed by atoms with van der Waals surface area (Å²) in [6.45, 7) is 0. The van der Waals surface area contributed by atoms with Crippen molar-refractivity contribution in [2.75, 3.05) is 0 Å². The number of halogens is 2. The molecule has 1 heterocycles. The van der Waals surface area contributed by atoms with Gasteiger partial charge in [0.1, 0.15) is 11.5 Å². The Morgan fingerprint density at radius 2 is 1.89 bits per heavy atom. The zero-order valence-electron chi connectivity index (χ0n) is 9.69. The van der Waals surface area contributed by atoms with Gasteiger partial charge in [-0.3, -0.25) is 4.68 Å². The Morgan fingerprint density at radius 1 is 1.17 bits per heavy atom. The van der Waals surface area contributed by atoms with E-state index in [1.54, 1.807) is 17.8 Å². The molecular formula is C14H10ClFN2. The first-order chi connectivity index (χ1) is 8.66. The maximum atomic E-state index is 13.5. The van der Waals surface area contributed by atoms with Gasteiger partial charge in [-0.2, -0.15) is 5.10 Å². The molecule has 0 N–H and O–H groups in total. The van der Waals surface area contributed by atoms with Crippen LogP contribution in [-0.2, 0) is 7.05 Å². The van der Waals surface area contributed by atoms with Crippen LogP contribution in [0, 0.1) is 5.82 Å². The summed E-state index contributed by atoms with van der Waals surface area (Å²) in [5.41, 5.74) is 2.54. The van der Waals surface area contributed by atoms with Gasteiger partial charge >= 0.3 is 0 Å². The van der Waals surface area contributed by atoms with Crippen LogP contribution in [0.3, 0.4) is 0 Å². The average molecular weight is 261 g/mol. The summed E-state index contributed by atoms with van der Waals surface area (Å²) in [5.74, 6) is -0.424. The van der Waals surface area contributed by atoms with Crippen LogP contribution in [-0.4, -0.2) is 9.78 Å². The van der Waals surface area contributed by atoms with Crippen LogP contribution in [0.2, 0.25) is 5.02 Å². The van der Waals surface area contributed by atoms with Crippen molar-refractivity contribution in [3.8, 4) is 11.3 Å². The second kappa shape index (κ2) is 4.10. The smallest absolute Gasteiger partial charge is 0.143 e. The fraction of sp³-hybridized carbons (Fsp3) is 0.0714. The number of nitrogens with zero attached hydrogens (tertiary/aromatic N) is 2. The summed E-state index contributed by atoms with van der Waals surface area (Å²) in [4.78, 5) is 0. The molecule has 0 aliphatic heterocycles. The molecule has 2 nitrogen and oxygen atoms in total. The lowest BCUT2D eigenvalue weighted by Gasteiger charge is -1.98. The average Bonchev–Trinajstić information content (AvgIpc) is 2.69. The van der Waals surface area contributed by atoms with Crippen molar-refractivity contribution in [3.05, 3.63) is 53.3 Å². The molecule has 1 aromatic heterocycles. The molecule has 0 aliphatic carbocycles. The summed E-state index contributed by atoms with van der Waals surface area (Å²) in [7, 11) is 1.79. The molecule has 18 heavy (non-hydrogen) atoms. The van der Waals surface area contributed by atoms with E-state index in [-0.39, 0.29) is 5.02 Å². The Hall–Kier alpha value is -1.87. The van der Waals surface area contributed by atoms with Gasteiger partial charge in [0.05, 0.1) is 10.5 Å². The lowest BCUT2D eigenvalue weighted by molar-refractivity contribution is 0.628. The van der Waals surface area contributed by atoms with Gasteiger partial charge in [0, 0.05) is 24.1 Å². The summed E-state index contributed by atoms with van der Waals surface area (Å²) in [6, 6.07) is 12.8.